The highest BCUT2D eigenvalue weighted by molar-refractivity contribution is 6.19. The molecule has 0 fully saturated rings. The number of hydrogen-bond acceptors (Lipinski definition) is 3. The van der Waals surface area contributed by atoms with Gasteiger partial charge in [0.1, 0.15) is 11.3 Å². The van der Waals surface area contributed by atoms with Crippen molar-refractivity contribution < 1.29 is 19.7 Å². The number of methoxy groups -OCH3 is 1. The van der Waals surface area contributed by atoms with Gasteiger partial charge < -0.3 is 14.9 Å². The number of aromatic hydroxyl groups is 1. The zero-order chi connectivity index (χ0) is 13.1. The summed E-state index contributed by atoms with van der Waals surface area (Å²) in [5.74, 6) is -0.982. The second-order valence-corrected chi connectivity index (χ2v) is 3.78. The van der Waals surface area contributed by atoms with Crippen molar-refractivity contribution in [1.82, 2.24) is 0 Å². The molecule has 92 valence electrons. The van der Waals surface area contributed by atoms with Gasteiger partial charge in [0.15, 0.2) is 0 Å². The SMILES string of the molecule is COC=C(C(=O)O)c1cccc2ccc(O)cc12. The van der Waals surface area contributed by atoms with Gasteiger partial charge in [-0.15, -0.1) is 0 Å². The van der Waals surface area contributed by atoms with Crippen LogP contribution in [0.4, 0.5) is 0 Å². The van der Waals surface area contributed by atoms with Gasteiger partial charge in [-0.1, -0.05) is 24.3 Å². The maximum absolute atomic E-state index is 11.2. The summed E-state index contributed by atoms with van der Waals surface area (Å²) in [6.07, 6.45) is 1.18. The highest BCUT2D eigenvalue weighted by Crippen LogP contribution is 2.28. The van der Waals surface area contributed by atoms with Crippen LogP contribution in [0, 0.1) is 0 Å². The molecule has 0 aliphatic rings. The van der Waals surface area contributed by atoms with Crippen molar-refractivity contribution >= 4 is 22.3 Å². The third-order valence-corrected chi connectivity index (χ3v) is 2.62. The Labute approximate surface area is 104 Å². The van der Waals surface area contributed by atoms with E-state index >= 15 is 0 Å². The van der Waals surface area contributed by atoms with E-state index in [4.69, 9.17) is 4.74 Å². The summed E-state index contributed by atoms with van der Waals surface area (Å²) in [6.45, 7) is 0. The third kappa shape index (κ3) is 2.13. The maximum atomic E-state index is 11.2. The monoisotopic (exact) mass is 244 g/mol. The van der Waals surface area contributed by atoms with E-state index in [2.05, 4.69) is 0 Å². The molecule has 2 rings (SSSR count). The molecule has 0 unspecified atom stereocenters. The van der Waals surface area contributed by atoms with Crippen LogP contribution in [0.2, 0.25) is 0 Å². The van der Waals surface area contributed by atoms with E-state index in [0.29, 0.717) is 10.9 Å². The van der Waals surface area contributed by atoms with Crippen LogP contribution in [0.1, 0.15) is 5.56 Å². The van der Waals surface area contributed by atoms with Crippen molar-refractivity contribution in [1.29, 1.82) is 0 Å². The molecule has 2 aromatic rings. The zero-order valence-electron chi connectivity index (χ0n) is 9.75. The molecular weight excluding hydrogens is 232 g/mol. The fraction of sp³-hybridized carbons (Fsp3) is 0.0714. The van der Waals surface area contributed by atoms with Crippen LogP contribution in [0.3, 0.4) is 0 Å². The number of ether oxygens (including phenoxy) is 1. The Balaban J connectivity index is 2.73. The van der Waals surface area contributed by atoms with Crippen molar-refractivity contribution in [3.63, 3.8) is 0 Å². The number of hydrogen-bond donors (Lipinski definition) is 2. The number of aliphatic carboxylic acids is 1. The second-order valence-electron chi connectivity index (χ2n) is 3.78. The smallest absolute Gasteiger partial charge is 0.339 e. The highest BCUT2D eigenvalue weighted by atomic mass is 16.5. The molecular formula is C14H12O4. The normalized spacial score (nSPS) is 11.5. The number of carboxylic acid groups (broad SMARTS) is 1. The van der Waals surface area contributed by atoms with Crippen molar-refractivity contribution in [2.24, 2.45) is 0 Å². The minimum atomic E-state index is -1.08. The minimum absolute atomic E-state index is 0.0497. The topological polar surface area (TPSA) is 66.8 Å². The van der Waals surface area contributed by atoms with E-state index in [-0.39, 0.29) is 11.3 Å². The lowest BCUT2D eigenvalue weighted by molar-refractivity contribution is -0.130. The molecule has 0 spiro atoms. The molecule has 0 saturated heterocycles. The molecule has 0 radical (unpaired) electrons. The first-order chi connectivity index (χ1) is 8.63. The Morgan fingerprint density at radius 1 is 1.28 bits per heavy atom. The fourth-order valence-corrected chi connectivity index (χ4v) is 1.84. The lowest BCUT2D eigenvalue weighted by Gasteiger charge is -2.07. The summed E-state index contributed by atoms with van der Waals surface area (Å²) in [5.41, 5.74) is 0.562. The summed E-state index contributed by atoms with van der Waals surface area (Å²) in [4.78, 5) is 11.2. The second kappa shape index (κ2) is 4.79. The predicted octanol–water partition coefficient (Wildman–Crippen LogP) is 2.62. The Kier molecular flexibility index (Phi) is 3.19. The molecule has 2 aromatic carbocycles. The molecule has 0 atom stereocenters. The lowest BCUT2D eigenvalue weighted by Crippen LogP contribution is -2.01. The van der Waals surface area contributed by atoms with E-state index < -0.39 is 5.97 Å². The van der Waals surface area contributed by atoms with Gasteiger partial charge in [-0.2, -0.15) is 0 Å². The molecule has 0 bridgehead atoms. The standard InChI is InChI=1S/C14H12O4/c1-18-8-13(14(16)17)11-4-2-3-9-5-6-10(15)7-12(9)11/h2-8,15H,1H3,(H,16,17). The van der Waals surface area contributed by atoms with E-state index in [9.17, 15) is 15.0 Å². The van der Waals surface area contributed by atoms with Crippen LogP contribution in [-0.4, -0.2) is 23.3 Å². The lowest BCUT2D eigenvalue weighted by atomic mass is 9.99. The number of benzene rings is 2. The van der Waals surface area contributed by atoms with Gasteiger partial charge in [-0.05, 0) is 22.9 Å². The van der Waals surface area contributed by atoms with Crippen LogP contribution >= 0.6 is 0 Å². The first-order valence-corrected chi connectivity index (χ1v) is 5.32. The van der Waals surface area contributed by atoms with E-state index in [1.165, 1.54) is 19.4 Å². The molecule has 0 aromatic heterocycles. The van der Waals surface area contributed by atoms with Crippen molar-refractivity contribution in [3.8, 4) is 5.75 Å². The maximum Gasteiger partial charge on any atom is 0.339 e. The Hall–Kier alpha value is -2.49. The van der Waals surface area contributed by atoms with Crippen LogP contribution in [0.15, 0.2) is 42.7 Å². The van der Waals surface area contributed by atoms with Gasteiger partial charge in [-0.3, -0.25) is 0 Å². The van der Waals surface area contributed by atoms with Crippen LogP contribution in [0.5, 0.6) is 5.75 Å². The van der Waals surface area contributed by atoms with Gasteiger partial charge in [-0.25, -0.2) is 4.79 Å². The molecule has 0 heterocycles. The highest BCUT2D eigenvalue weighted by Gasteiger charge is 2.14. The predicted molar refractivity (Wildman–Crippen MR) is 68.2 cm³/mol. The molecule has 0 amide bonds. The van der Waals surface area contributed by atoms with Crippen LogP contribution in [-0.2, 0) is 9.53 Å². The largest absolute Gasteiger partial charge is 0.508 e. The van der Waals surface area contributed by atoms with Gasteiger partial charge in [0.05, 0.1) is 13.4 Å². The van der Waals surface area contributed by atoms with Crippen molar-refractivity contribution in [2.45, 2.75) is 0 Å². The number of rotatable bonds is 3. The average molecular weight is 244 g/mol. The minimum Gasteiger partial charge on any atom is -0.508 e. The molecule has 2 N–H and O–H groups in total. The number of carboxylic acids is 1. The molecule has 0 aliphatic heterocycles. The molecule has 4 heteroatoms. The first kappa shape index (κ1) is 12.0. The van der Waals surface area contributed by atoms with Gasteiger partial charge >= 0.3 is 5.97 Å². The number of carbonyl (C=O) groups is 1. The zero-order valence-corrected chi connectivity index (χ0v) is 9.75. The number of phenols is 1. The van der Waals surface area contributed by atoms with Crippen LogP contribution < -0.4 is 0 Å². The summed E-state index contributed by atoms with van der Waals surface area (Å²) in [7, 11) is 1.39. The van der Waals surface area contributed by atoms with Crippen LogP contribution in [0.25, 0.3) is 16.3 Å². The summed E-state index contributed by atoms with van der Waals surface area (Å²) < 4.78 is 4.79. The summed E-state index contributed by atoms with van der Waals surface area (Å²) in [6, 6.07) is 10.1. The molecule has 0 aliphatic carbocycles. The van der Waals surface area contributed by atoms with Gasteiger partial charge in [0, 0.05) is 5.56 Å². The van der Waals surface area contributed by atoms with E-state index in [1.54, 1.807) is 24.3 Å². The molecule has 18 heavy (non-hydrogen) atoms. The Bertz CT molecular complexity index is 629. The number of phenolic OH excluding ortho intramolecular Hbond substituents is 1. The van der Waals surface area contributed by atoms with Gasteiger partial charge in [0.25, 0.3) is 0 Å². The summed E-state index contributed by atoms with van der Waals surface area (Å²) >= 11 is 0. The first-order valence-electron chi connectivity index (χ1n) is 5.32. The van der Waals surface area contributed by atoms with E-state index in [1.807, 2.05) is 6.07 Å². The Morgan fingerprint density at radius 2 is 2.06 bits per heavy atom. The number of fused-ring (bicyclic) bond motifs is 1. The van der Waals surface area contributed by atoms with Crippen molar-refractivity contribution in [2.75, 3.05) is 7.11 Å². The molecule has 4 nitrogen and oxygen atoms in total. The quantitative estimate of drug-likeness (QED) is 0.643. The van der Waals surface area contributed by atoms with E-state index in [0.717, 1.165) is 5.39 Å². The average Bonchev–Trinajstić information content (AvgIpc) is 2.35. The molecule has 0 saturated carbocycles. The van der Waals surface area contributed by atoms with Gasteiger partial charge in [0.2, 0.25) is 0 Å². The fourth-order valence-electron chi connectivity index (χ4n) is 1.84. The van der Waals surface area contributed by atoms with Crippen molar-refractivity contribution in [3.05, 3.63) is 48.2 Å². The third-order valence-electron chi connectivity index (χ3n) is 2.62. The summed E-state index contributed by atoms with van der Waals surface area (Å²) in [5, 5.41) is 20.2. The Morgan fingerprint density at radius 3 is 2.72 bits per heavy atom.